The van der Waals surface area contributed by atoms with E-state index in [1.54, 1.807) is 13.0 Å². The Morgan fingerprint density at radius 1 is 1.41 bits per heavy atom. The molecule has 0 bridgehead atoms. The average Bonchev–Trinajstić information content (AvgIpc) is 2.23. The van der Waals surface area contributed by atoms with Crippen LogP contribution in [-0.2, 0) is 4.79 Å². The highest BCUT2D eigenvalue weighted by atomic mass is 19.1. The molecular weight excluding hydrogens is 226 g/mol. The molecule has 0 aliphatic carbocycles. The Balaban J connectivity index is 2.65. The summed E-state index contributed by atoms with van der Waals surface area (Å²) in [7, 11) is 0. The Kier molecular flexibility index (Phi) is 4.82. The highest BCUT2D eigenvalue weighted by Gasteiger charge is 2.05. The molecule has 0 heterocycles. The van der Waals surface area contributed by atoms with Crippen molar-refractivity contribution in [2.24, 2.45) is 0 Å². The first-order chi connectivity index (χ1) is 8.00. The van der Waals surface area contributed by atoms with E-state index in [-0.39, 0.29) is 6.42 Å². The molecule has 0 unspecified atom stereocenters. The maximum atomic E-state index is 13.4. The van der Waals surface area contributed by atoms with E-state index in [0.29, 0.717) is 24.0 Å². The Morgan fingerprint density at radius 3 is 2.71 bits per heavy atom. The van der Waals surface area contributed by atoms with Crippen LogP contribution >= 0.6 is 0 Å². The quantitative estimate of drug-likeness (QED) is 0.798. The molecule has 1 N–H and O–H groups in total. The second-order valence-corrected chi connectivity index (χ2v) is 3.80. The van der Waals surface area contributed by atoms with Crippen LogP contribution < -0.4 is 0 Å². The molecule has 2 nitrogen and oxygen atoms in total. The van der Waals surface area contributed by atoms with Gasteiger partial charge in [0.05, 0.1) is 0 Å². The van der Waals surface area contributed by atoms with Crippen LogP contribution in [0, 0.1) is 11.6 Å². The summed E-state index contributed by atoms with van der Waals surface area (Å²) in [6.07, 6.45) is 2.93. The lowest BCUT2D eigenvalue weighted by molar-refractivity contribution is -0.137. The third-order valence-corrected chi connectivity index (χ3v) is 2.40. The number of halogens is 2. The molecule has 0 aliphatic heterocycles. The first-order valence-corrected chi connectivity index (χ1v) is 5.34. The fourth-order valence-corrected chi connectivity index (χ4v) is 1.49. The van der Waals surface area contributed by atoms with E-state index in [2.05, 4.69) is 0 Å². The zero-order valence-electron chi connectivity index (χ0n) is 9.54. The molecule has 0 saturated heterocycles. The van der Waals surface area contributed by atoms with Gasteiger partial charge < -0.3 is 5.11 Å². The molecule has 1 rings (SSSR count). The van der Waals surface area contributed by atoms with Crippen LogP contribution in [-0.4, -0.2) is 11.1 Å². The predicted octanol–water partition coefficient (Wildman–Crippen LogP) is 3.62. The van der Waals surface area contributed by atoms with E-state index in [1.807, 2.05) is 0 Å². The first-order valence-electron chi connectivity index (χ1n) is 5.34. The molecule has 17 heavy (non-hydrogen) atoms. The largest absolute Gasteiger partial charge is 0.481 e. The lowest BCUT2D eigenvalue weighted by Gasteiger charge is -2.03. The highest BCUT2D eigenvalue weighted by Crippen LogP contribution is 2.19. The van der Waals surface area contributed by atoms with Crippen molar-refractivity contribution in [1.29, 1.82) is 0 Å². The zero-order valence-corrected chi connectivity index (χ0v) is 9.54. The summed E-state index contributed by atoms with van der Waals surface area (Å²) in [5.74, 6) is -2.05. The van der Waals surface area contributed by atoms with Crippen molar-refractivity contribution in [1.82, 2.24) is 0 Å². The van der Waals surface area contributed by atoms with E-state index in [9.17, 15) is 13.6 Å². The molecule has 0 saturated carbocycles. The van der Waals surface area contributed by atoms with E-state index < -0.39 is 17.6 Å². The Hall–Kier alpha value is -1.71. The summed E-state index contributed by atoms with van der Waals surface area (Å²) < 4.78 is 26.0. The molecule has 0 aliphatic rings. The summed E-state index contributed by atoms with van der Waals surface area (Å²) in [6.45, 7) is 1.72. The number of allylic oxidation sites excluding steroid dienone is 2. The molecule has 0 radical (unpaired) electrons. The molecule has 1 aromatic carbocycles. The third kappa shape index (κ3) is 4.34. The normalized spacial score (nSPS) is 11.6. The van der Waals surface area contributed by atoms with Crippen molar-refractivity contribution in [3.05, 3.63) is 41.5 Å². The van der Waals surface area contributed by atoms with Gasteiger partial charge in [0.25, 0.3) is 0 Å². The molecule has 1 aromatic rings. The summed E-state index contributed by atoms with van der Waals surface area (Å²) in [4.78, 5) is 10.3. The van der Waals surface area contributed by atoms with Crippen LogP contribution in [0.2, 0.25) is 0 Å². The average molecular weight is 240 g/mol. The number of carboxylic acid groups (broad SMARTS) is 1. The molecule has 0 amide bonds. The first kappa shape index (κ1) is 13.4. The fraction of sp³-hybridized carbons (Fsp3) is 0.308. The molecule has 92 valence electrons. The van der Waals surface area contributed by atoms with Crippen LogP contribution in [0.1, 0.15) is 31.7 Å². The van der Waals surface area contributed by atoms with Gasteiger partial charge >= 0.3 is 5.97 Å². The smallest absolute Gasteiger partial charge is 0.303 e. The van der Waals surface area contributed by atoms with Crippen molar-refractivity contribution < 1.29 is 18.7 Å². The summed E-state index contributed by atoms with van der Waals surface area (Å²) in [5.41, 5.74) is 1.04. The van der Waals surface area contributed by atoms with E-state index in [0.717, 1.165) is 6.07 Å². The van der Waals surface area contributed by atoms with E-state index >= 15 is 0 Å². The molecule has 0 atom stereocenters. The summed E-state index contributed by atoms with van der Waals surface area (Å²) in [5, 5.41) is 8.45. The molecular formula is C13H14F2O2. The van der Waals surface area contributed by atoms with Crippen LogP contribution in [0.3, 0.4) is 0 Å². The number of aliphatic carboxylic acids is 1. The maximum absolute atomic E-state index is 13.4. The summed E-state index contributed by atoms with van der Waals surface area (Å²) in [6, 6.07) is 3.42. The van der Waals surface area contributed by atoms with E-state index in [4.69, 9.17) is 5.11 Å². The minimum absolute atomic E-state index is 0.0929. The third-order valence-electron chi connectivity index (χ3n) is 2.40. The van der Waals surface area contributed by atoms with Crippen molar-refractivity contribution in [3.63, 3.8) is 0 Å². The van der Waals surface area contributed by atoms with Gasteiger partial charge in [-0.15, -0.1) is 0 Å². The molecule has 4 heteroatoms. The van der Waals surface area contributed by atoms with Crippen molar-refractivity contribution >= 4 is 11.5 Å². The van der Waals surface area contributed by atoms with Gasteiger partial charge in [-0.05, 0) is 37.5 Å². The maximum Gasteiger partial charge on any atom is 0.303 e. The number of hydrogen-bond acceptors (Lipinski definition) is 1. The van der Waals surface area contributed by atoms with Gasteiger partial charge in [-0.2, -0.15) is 0 Å². The van der Waals surface area contributed by atoms with Gasteiger partial charge in [0.15, 0.2) is 0 Å². The molecule has 0 fully saturated rings. The minimum Gasteiger partial charge on any atom is -0.481 e. The number of benzene rings is 1. The number of hydrogen-bond donors (Lipinski definition) is 1. The van der Waals surface area contributed by atoms with Crippen LogP contribution in [0.4, 0.5) is 8.78 Å². The van der Waals surface area contributed by atoms with Crippen LogP contribution in [0.5, 0.6) is 0 Å². The number of unbranched alkanes of at least 4 members (excludes halogenated alkanes) is 1. The Bertz CT molecular complexity index is 439. The SMILES string of the molecule is C/C(=C\CCCC(=O)O)c1ccc(F)cc1F. The standard InChI is InChI=1S/C13H14F2O2/c1-9(4-2-3-5-13(16)17)11-7-6-10(14)8-12(11)15/h4,6-8H,2-3,5H2,1H3,(H,16,17)/b9-4+. The van der Waals surface area contributed by atoms with Crippen molar-refractivity contribution in [2.45, 2.75) is 26.2 Å². The molecule has 0 spiro atoms. The predicted molar refractivity (Wildman–Crippen MR) is 61.5 cm³/mol. The topological polar surface area (TPSA) is 37.3 Å². The van der Waals surface area contributed by atoms with Gasteiger partial charge in [-0.1, -0.05) is 6.08 Å². The van der Waals surface area contributed by atoms with Gasteiger partial charge in [0, 0.05) is 18.1 Å². The van der Waals surface area contributed by atoms with Crippen molar-refractivity contribution in [2.75, 3.05) is 0 Å². The zero-order chi connectivity index (χ0) is 12.8. The van der Waals surface area contributed by atoms with Gasteiger partial charge in [0.2, 0.25) is 0 Å². The Labute approximate surface area is 98.6 Å². The monoisotopic (exact) mass is 240 g/mol. The van der Waals surface area contributed by atoms with Crippen LogP contribution in [0.15, 0.2) is 24.3 Å². The second-order valence-electron chi connectivity index (χ2n) is 3.80. The lowest BCUT2D eigenvalue weighted by atomic mass is 10.0. The molecule has 0 aromatic heterocycles. The van der Waals surface area contributed by atoms with Crippen LogP contribution in [0.25, 0.3) is 5.57 Å². The highest BCUT2D eigenvalue weighted by molar-refractivity contribution is 5.67. The van der Waals surface area contributed by atoms with Crippen molar-refractivity contribution in [3.8, 4) is 0 Å². The number of carboxylic acids is 1. The second kappa shape index (κ2) is 6.13. The van der Waals surface area contributed by atoms with Gasteiger partial charge in [-0.3, -0.25) is 4.79 Å². The number of carbonyl (C=O) groups is 1. The Morgan fingerprint density at radius 2 is 2.12 bits per heavy atom. The lowest BCUT2D eigenvalue weighted by Crippen LogP contribution is -1.93. The minimum atomic E-state index is -0.844. The van der Waals surface area contributed by atoms with E-state index in [1.165, 1.54) is 12.1 Å². The van der Waals surface area contributed by atoms with Gasteiger partial charge in [0.1, 0.15) is 11.6 Å². The number of rotatable bonds is 5. The summed E-state index contributed by atoms with van der Waals surface area (Å²) >= 11 is 0. The fourth-order valence-electron chi connectivity index (χ4n) is 1.49. The van der Waals surface area contributed by atoms with Gasteiger partial charge in [-0.25, -0.2) is 8.78 Å².